The fourth-order valence-corrected chi connectivity index (χ4v) is 12.4. The zero-order chi connectivity index (χ0) is 39.9. The van der Waals surface area contributed by atoms with Crippen LogP contribution in [0.5, 0.6) is 28.7 Å². The van der Waals surface area contributed by atoms with E-state index in [1.54, 1.807) is 18.9 Å². The largest absolute Gasteiger partial charge is 0.504 e. The molecule has 0 aliphatic carbocycles. The summed E-state index contributed by atoms with van der Waals surface area (Å²) in [7, 11) is 1.55. The number of nitrogens with two attached hydrogens (primary N) is 1. The maximum atomic E-state index is 14.6. The van der Waals surface area contributed by atoms with Crippen LogP contribution in [0.25, 0.3) is 10.9 Å². The van der Waals surface area contributed by atoms with Crippen LogP contribution in [0.15, 0.2) is 30.3 Å². The van der Waals surface area contributed by atoms with Crippen LogP contribution in [-0.4, -0.2) is 94.6 Å². The molecule has 15 heteroatoms. The summed E-state index contributed by atoms with van der Waals surface area (Å²) >= 11 is 1.56. The normalized spacial score (nSPS) is 30.5. The first-order chi connectivity index (χ1) is 27.3. The van der Waals surface area contributed by atoms with E-state index in [4.69, 9.17) is 29.4 Å². The van der Waals surface area contributed by atoms with Crippen molar-refractivity contribution >= 4 is 34.6 Å². The van der Waals surface area contributed by atoms with Gasteiger partial charge < -0.3 is 44.6 Å². The first kappa shape index (κ1) is 36.8. The number of hydrogen-bond donors (Lipinski definition) is 5. The Kier molecular flexibility index (Phi) is 8.23. The first-order valence-corrected chi connectivity index (χ1v) is 20.7. The molecule has 14 nitrogen and oxygen atoms in total. The number of aromatic hydroxyl groups is 1. The molecule has 0 saturated carbocycles. The van der Waals surface area contributed by atoms with Crippen molar-refractivity contribution in [2.24, 2.45) is 5.73 Å². The quantitative estimate of drug-likeness (QED) is 0.131. The number of carbonyl (C=O) groups excluding carboxylic acids is 2. The van der Waals surface area contributed by atoms with Gasteiger partial charge in [0, 0.05) is 82.9 Å². The van der Waals surface area contributed by atoms with E-state index in [-0.39, 0.29) is 31.7 Å². The topological polar surface area (TPSA) is 181 Å². The summed E-state index contributed by atoms with van der Waals surface area (Å²) in [6.45, 7) is 7.60. The summed E-state index contributed by atoms with van der Waals surface area (Å²) in [6.07, 6.45) is 2.96. The lowest BCUT2D eigenvalue weighted by Gasteiger charge is -2.58. The van der Waals surface area contributed by atoms with Crippen LogP contribution in [-0.2, 0) is 26.3 Å². The average molecular weight is 798 g/mol. The molecular formula is C42H47N5O9S. The Morgan fingerprint density at radius 1 is 1.12 bits per heavy atom. The van der Waals surface area contributed by atoms with Crippen LogP contribution < -0.4 is 30.0 Å². The number of phenolic OH excluding ortho intramolecular Hbond substituents is 1. The second-order valence-corrected chi connectivity index (χ2v) is 17.5. The van der Waals surface area contributed by atoms with Gasteiger partial charge in [0.15, 0.2) is 23.0 Å². The van der Waals surface area contributed by atoms with Gasteiger partial charge in [0.05, 0.1) is 24.4 Å². The number of aromatic nitrogens is 1. The molecule has 0 amide bonds. The molecule has 0 spiro atoms. The summed E-state index contributed by atoms with van der Waals surface area (Å²) in [4.78, 5) is 35.3. The van der Waals surface area contributed by atoms with Gasteiger partial charge in [-0.3, -0.25) is 19.9 Å². The number of nitrogens with one attached hydrogen (secondary N) is 2. The number of aliphatic hydroxyl groups is 1. The number of aromatic amines is 1. The molecule has 300 valence electrons. The number of benzene rings is 3. The Hall–Kier alpha value is -4.51. The third-order valence-corrected chi connectivity index (χ3v) is 14.5. The highest BCUT2D eigenvalue weighted by atomic mass is 32.2. The molecule has 6 aliphatic rings. The molecule has 2 saturated heterocycles. The number of ether oxygens (including phenoxy) is 5. The fraction of sp³-hybridized carbons (Fsp3) is 0.476. The monoisotopic (exact) mass is 797 g/mol. The van der Waals surface area contributed by atoms with Gasteiger partial charge in [-0.15, -0.1) is 0 Å². The number of methoxy groups -OCH3 is 1. The van der Waals surface area contributed by atoms with Gasteiger partial charge in [-0.05, 0) is 62.3 Å². The SMILES string of the molecule is COc1c(C)cc2c(c1O)[C@@H]1C3[C@H](SC)c4c(OC(C)=O)c(C)c5c(c4[C@H](COC(=O)[C@@H]4N[C@@H](CN)Cc6c4[nH]c4ccccc64)N3[C@@]3(O)CN1C2(C)C3)OCO5. The molecule has 3 aromatic carbocycles. The lowest BCUT2D eigenvalue weighted by atomic mass is 9.75. The van der Waals surface area contributed by atoms with Gasteiger partial charge in [-0.2, -0.15) is 11.8 Å². The van der Waals surface area contributed by atoms with Crippen molar-refractivity contribution in [2.45, 2.75) is 87.3 Å². The number of piperazine rings is 1. The van der Waals surface area contributed by atoms with Crippen LogP contribution >= 0.6 is 11.8 Å². The molecule has 7 heterocycles. The minimum atomic E-state index is -1.41. The van der Waals surface area contributed by atoms with Crippen molar-refractivity contribution < 1.29 is 43.5 Å². The van der Waals surface area contributed by atoms with Crippen LogP contribution in [0.4, 0.5) is 0 Å². The molecule has 2 unspecified atom stereocenters. The van der Waals surface area contributed by atoms with Gasteiger partial charge in [-0.25, -0.2) is 4.79 Å². The summed E-state index contributed by atoms with van der Waals surface area (Å²) in [5.74, 6) is 0.734. The van der Waals surface area contributed by atoms with Crippen molar-refractivity contribution in [1.29, 1.82) is 0 Å². The highest BCUT2D eigenvalue weighted by Crippen LogP contribution is 2.70. The van der Waals surface area contributed by atoms with E-state index >= 15 is 0 Å². The highest BCUT2D eigenvalue weighted by molar-refractivity contribution is 7.98. The standard InChI is InChI=1S/C42H47N5O9S/c1-18-11-24-27(34(49)35(18)52-5)32-33-39(57-6)29-28(38-37(54-17-55-38)19(2)36(29)56-20(3)48)26(47(33)42(51)15-41(24,4)46(32)16-42)14-53-40(50)31-30-23(12-21(13-43)44-31)22-9-7-8-10-25(22)45-30/h7-11,21,26,31-33,39,44-45,49,51H,12-17,43H2,1-6H3/t21-,26+,31-,32-,33?,39-,41?,42+/m1/s1. The molecule has 6 N–H and O–H groups in total. The summed E-state index contributed by atoms with van der Waals surface area (Å²) in [5.41, 5.74) is 11.3. The Bertz CT molecular complexity index is 2400. The Balaban J connectivity index is 1.15. The molecule has 1 aromatic heterocycles. The van der Waals surface area contributed by atoms with Crippen molar-refractivity contribution in [1.82, 2.24) is 20.1 Å². The summed E-state index contributed by atoms with van der Waals surface area (Å²) in [6, 6.07) is 7.33. The number of hydrogen-bond acceptors (Lipinski definition) is 14. The van der Waals surface area contributed by atoms with Crippen molar-refractivity contribution in [3.63, 3.8) is 0 Å². The third kappa shape index (κ3) is 4.90. The van der Waals surface area contributed by atoms with Crippen molar-refractivity contribution in [3.05, 3.63) is 75.0 Å². The van der Waals surface area contributed by atoms with E-state index in [2.05, 4.69) is 33.1 Å². The maximum absolute atomic E-state index is 14.6. The molecular weight excluding hydrogens is 751 g/mol. The second kappa shape index (κ2) is 12.7. The van der Waals surface area contributed by atoms with Gasteiger partial charge >= 0.3 is 11.9 Å². The fourth-order valence-electron chi connectivity index (χ4n) is 11.4. The number of thioether (sulfide) groups is 1. The lowest BCUT2D eigenvalue weighted by molar-refractivity contribution is -0.194. The zero-order valence-electron chi connectivity index (χ0n) is 32.7. The van der Waals surface area contributed by atoms with Gasteiger partial charge in [0.2, 0.25) is 6.79 Å². The van der Waals surface area contributed by atoms with E-state index in [1.165, 1.54) is 6.92 Å². The first-order valence-electron chi connectivity index (χ1n) is 19.4. The molecule has 4 aromatic rings. The van der Waals surface area contributed by atoms with Crippen LogP contribution in [0.2, 0.25) is 0 Å². The predicted molar refractivity (Wildman–Crippen MR) is 211 cm³/mol. The van der Waals surface area contributed by atoms with Gasteiger partial charge in [0.1, 0.15) is 24.1 Å². The maximum Gasteiger partial charge on any atom is 0.329 e. The third-order valence-electron chi connectivity index (χ3n) is 13.4. The second-order valence-electron chi connectivity index (χ2n) is 16.5. The van der Waals surface area contributed by atoms with E-state index in [9.17, 15) is 19.8 Å². The van der Waals surface area contributed by atoms with E-state index < -0.39 is 52.6 Å². The Morgan fingerprint density at radius 3 is 2.63 bits per heavy atom. The summed E-state index contributed by atoms with van der Waals surface area (Å²) in [5, 5.41) is 29.3. The number of H-pyrrole nitrogens is 1. The number of nitrogens with zero attached hydrogens (tertiary/aromatic N) is 2. The molecule has 2 fully saturated rings. The Labute approximate surface area is 333 Å². The molecule has 0 radical (unpaired) electrons. The minimum absolute atomic E-state index is 0.0548. The highest BCUT2D eigenvalue weighted by Gasteiger charge is 2.71. The molecule has 2 bridgehead atoms. The number of fused-ring (bicyclic) bond motifs is 13. The summed E-state index contributed by atoms with van der Waals surface area (Å²) < 4.78 is 30.6. The van der Waals surface area contributed by atoms with Crippen LogP contribution in [0.1, 0.15) is 88.3 Å². The van der Waals surface area contributed by atoms with E-state index in [1.807, 2.05) is 44.4 Å². The number of carbonyl (C=O) groups is 2. The molecule has 8 atom stereocenters. The van der Waals surface area contributed by atoms with Crippen LogP contribution in [0, 0.1) is 13.8 Å². The number of aryl methyl sites for hydroxylation is 1. The minimum Gasteiger partial charge on any atom is -0.504 e. The predicted octanol–water partition coefficient (Wildman–Crippen LogP) is 4.42. The molecule has 6 aliphatic heterocycles. The smallest absolute Gasteiger partial charge is 0.329 e. The number of para-hydroxylation sites is 1. The van der Waals surface area contributed by atoms with E-state index in [0.29, 0.717) is 59.1 Å². The van der Waals surface area contributed by atoms with Crippen molar-refractivity contribution in [3.8, 4) is 28.7 Å². The van der Waals surface area contributed by atoms with E-state index in [0.717, 1.165) is 38.9 Å². The lowest BCUT2D eigenvalue weighted by Crippen LogP contribution is -2.66. The van der Waals surface area contributed by atoms with Gasteiger partial charge in [0.25, 0.3) is 0 Å². The van der Waals surface area contributed by atoms with Gasteiger partial charge in [-0.1, -0.05) is 18.2 Å². The number of esters is 2. The number of rotatable bonds is 7. The molecule has 10 rings (SSSR count). The molecule has 57 heavy (non-hydrogen) atoms. The Morgan fingerprint density at radius 2 is 1.89 bits per heavy atom. The average Bonchev–Trinajstić information content (AvgIpc) is 3.93. The zero-order valence-corrected chi connectivity index (χ0v) is 33.5. The van der Waals surface area contributed by atoms with Crippen molar-refractivity contribution in [2.75, 3.05) is 39.9 Å². The number of phenols is 1. The van der Waals surface area contributed by atoms with Crippen LogP contribution in [0.3, 0.4) is 0 Å².